The van der Waals surface area contributed by atoms with Crippen LogP contribution in [0.3, 0.4) is 0 Å². The maximum absolute atomic E-state index is 10.6. The minimum absolute atomic E-state index is 0. The van der Waals surface area contributed by atoms with Crippen LogP contribution in [0.25, 0.3) is 0 Å². The Bertz CT molecular complexity index is 356. The molecule has 1 aromatic rings. The van der Waals surface area contributed by atoms with E-state index >= 15 is 0 Å². The first kappa shape index (κ1) is 16.8. The van der Waals surface area contributed by atoms with Crippen LogP contribution in [0, 0.1) is 5.92 Å². The fourth-order valence-electron chi connectivity index (χ4n) is 1.51. The molecule has 0 bridgehead atoms. The van der Waals surface area contributed by atoms with Gasteiger partial charge in [-0.3, -0.25) is 9.59 Å². The Morgan fingerprint density at radius 3 is 2.12 bits per heavy atom. The molecule has 0 spiro atoms. The summed E-state index contributed by atoms with van der Waals surface area (Å²) in [6.07, 6.45) is 1.44. The predicted octanol–water partition coefficient (Wildman–Crippen LogP) is -1.09. The molecule has 0 aliphatic heterocycles. The summed E-state index contributed by atoms with van der Waals surface area (Å²) in [6.45, 7) is 0. The Morgan fingerprint density at radius 2 is 1.65 bits per heavy atom. The van der Waals surface area contributed by atoms with E-state index < -0.39 is 17.9 Å². The summed E-state index contributed by atoms with van der Waals surface area (Å²) in [6, 6.07) is 9.59. The molecule has 4 nitrogen and oxygen atoms in total. The van der Waals surface area contributed by atoms with Crippen molar-refractivity contribution in [2.75, 3.05) is 0 Å². The van der Waals surface area contributed by atoms with Gasteiger partial charge in [0.15, 0.2) is 5.92 Å². The molecule has 0 unspecified atom stereocenters. The molecular formula is C12H15KO4. The number of carboxylic acid groups (broad SMARTS) is 2. The molecule has 0 radical (unpaired) electrons. The molecule has 0 aliphatic rings. The predicted molar refractivity (Wildman–Crippen MR) is 59.3 cm³/mol. The van der Waals surface area contributed by atoms with Crippen LogP contribution in [0.1, 0.15) is 19.8 Å². The van der Waals surface area contributed by atoms with E-state index in [4.69, 9.17) is 10.2 Å². The summed E-state index contributed by atoms with van der Waals surface area (Å²) in [4.78, 5) is 21.2. The van der Waals surface area contributed by atoms with Gasteiger partial charge in [0.2, 0.25) is 0 Å². The first-order valence-corrected chi connectivity index (χ1v) is 5.11. The molecule has 2 N–H and O–H groups in total. The molecule has 88 valence electrons. The van der Waals surface area contributed by atoms with Crippen molar-refractivity contribution in [3.05, 3.63) is 35.9 Å². The Morgan fingerprint density at radius 1 is 1.12 bits per heavy atom. The molecule has 0 aliphatic carbocycles. The van der Waals surface area contributed by atoms with Gasteiger partial charge in [-0.05, 0) is 24.8 Å². The SMILES string of the molecule is O=C(O)C(CCCc1ccccc1)C(=O)O.[H-].[K+]. The quantitative estimate of drug-likeness (QED) is 0.505. The van der Waals surface area contributed by atoms with Crippen LogP contribution < -0.4 is 51.4 Å². The fourth-order valence-corrected chi connectivity index (χ4v) is 1.51. The number of carboxylic acids is 2. The molecule has 0 fully saturated rings. The van der Waals surface area contributed by atoms with Crippen molar-refractivity contribution >= 4 is 11.9 Å². The Kier molecular flexibility index (Phi) is 8.72. The van der Waals surface area contributed by atoms with Gasteiger partial charge in [-0.1, -0.05) is 30.3 Å². The number of carbonyl (C=O) groups is 2. The zero-order valence-electron chi connectivity index (χ0n) is 10.8. The van der Waals surface area contributed by atoms with E-state index in [1.165, 1.54) is 0 Å². The van der Waals surface area contributed by atoms with Crippen molar-refractivity contribution in [2.24, 2.45) is 5.92 Å². The minimum Gasteiger partial charge on any atom is -1.00 e. The fraction of sp³-hybridized carbons (Fsp3) is 0.333. The second-order valence-corrected chi connectivity index (χ2v) is 3.61. The van der Waals surface area contributed by atoms with Gasteiger partial charge in [-0.25, -0.2) is 0 Å². The molecule has 0 amide bonds. The molecule has 5 heteroatoms. The zero-order chi connectivity index (χ0) is 12.0. The van der Waals surface area contributed by atoms with Gasteiger partial charge in [0, 0.05) is 0 Å². The summed E-state index contributed by atoms with van der Waals surface area (Å²) >= 11 is 0. The van der Waals surface area contributed by atoms with Crippen LogP contribution in [-0.2, 0) is 16.0 Å². The summed E-state index contributed by atoms with van der Waals surface area (Å²) in [5.74, 6) is -3.81. The van der Waals surface area contributed by atoms with E-state index in [2.05, 4.69) is 0 Å². The smallest absolute Gasteiger partial charge is 1.00 e. The van der Waals surface area contributed by atoms with Crippen LogP contribution in [0.2, 0.25) is 0 Å². The Balaban J connectivity index is 0. The van der Waals surface area contributed by atoms with Crippen molar-refractivity contribution < 1.29 is 72.6 Å². The number of hydrogen-bond donors (Lipinski definition) is 2. The first-order chi connectivity index (χ1) is 7.61. The van der Waals surface area contributed by atoms with Gasteiger partial charge in [0.25, 0.3) is 0 Å². The second-order valence-electron chi connectivity index (χ2n) is 3.61. The molecule has 0 saturated carbocycles. The van der Waals surface area contributed by atoms with Gasteiger partial charge >= 0.3 is 63.3 Å². The van der Waals surface area contributed by atoms with Crippen LogP contribution in [-0.4, -0.2) is 22.2 Å². The van der Waals surface area contributed by atoms with Gasteiger partial charge in [-0.15, -0.1) is 0 Å². The number of aryl methyl sites for hydroxylation is 1. The minimum atomic E-state index is -1.29. The number of hydrogen-bond acceptors (Lipinski definition) is 2. The first-order valence-electron chi connectivity index (χ1n) is 5.11. The topological polar surface area (TPSA) is 74.6 Å². The van der Waals surface area contributed by atoms with Crippen molar-refractivity contribution in [1.82, 2.24) is 0 Å². The Labute approximate surface area is 144 Å². The number of rotatable bonds is 6. The van der Waals surface area contributed by atoms with E-state index in [0.717, 1.165) is 5.56 Å². The standard InChI is InChI=1S/C12H14O4.K.H/c13-11(14)10(12(15)16)8-4-7-9-5-2-1-3-6-9;;/h1-3,5-6,10H,4,7-8H2,(H,13,14)(H,15,16);;/q;+1;-1. The molecule has 17 heavy (non-hydrogen) atoms. The van der Waals surface area contributed by atoms with Crippen molar-refractivity contribution in [2.45, 2.75) is 19.3 Å². The third-order valence-corrected chi connectivity index (χ3v) is 2.40. The number of benzene rings is 1. The second kappa shape index (κ2) is 8.82. The maximum Gasteiger partial charge on any atom is 1.00 e. The van der Waals surface area contributed by atoms with Crippen molar-refractivity contribution in [1.29, 1.82) is 0 Å². The van der Waals surface area contributed by atoms with Crippen molar-refractivity contribution in [3.8, 4) is 0 Å². The summed E-state index contributed by atoms with van der Waals surface area (Å²) in [5.41, 5.74) is 1.09. The molecule has 0 saturated heterocycles. The van der Waals surface area contributed by atoms with Gasteiger partial charge in [0.1, 0.15) is 0 Å². The number of aliphatic carboxylic acids is 2. The van der Waals surface area contributed by atoms with E-state index in [1.807, 2.05) is 30.3 Å². The van der Waals surface area contributed by atoms with Crippen LogP contribution in [0.15, 0.2) is 30.3 Å². The maximum atomic E-state index is 10.6. The van der Waals surface area contributed by atoms with E-state index in [0.29, 0.717) is 12.8 Å². The largest absolute Gasteiger partial charge is 1.00 e. The van der Waals surface area contributed by atoms with E-state index in [9.17, 15) is 9.59 Å². The average molecular weight is 262 g/mol. The van der Waals surface area contributed by atoms with Gasteiger partial charge in [0.05, 0.1) is 0 Å². The van der Waals surface area contributed by atoms with Crippen molar-refractivity contribution in [3.63, 3.8) is 0 Å². The normalized spacial score (nSPS) is 9.71. The molecule has 1 rings (SSSR count). The van der Waals surface area contributed by atoms with Gasteiger partial charge in [-0.2, -0.15) is 0 Å². The van der Waals surface area contributed by atoms with Crippen LogP contribution >= 0.6 is 0 Å². The molecular weight excluding hydrogens is 247 g/mol. The molecule has 0 atom stereocenters. The monoisotopic (exact) mass is 262 g/mol. The summed E-state index contributed by atoms with van der Waals surface area (Å²) in [5, 5.41) is 17.3. The molecule has 0 aromatic heterocycles. The van der Waals surface area contributed by atoms with Crippen LogP contribution in [0.5, 0.6) is 0 Å². The molecule has 0 heterocycles. The third-order valence-electron chi connectivity index (χ3n) is 2.40. The molecule has 1 aromatic carbocycles. The zero-order valence-corrected chi connectivity index (χ0v) is 12.9. The Hall–Kier alpha value is -0.204. The average Bonchev–Trinajstić information content (AvgIpc) is 2.24. The van der Waals surface area contributed by atoms with E-state index in [-0.39, 0.29) is 59.2 Å². The van der Waals surface area contributed by atoms with E-state index in [1.54, 1.807) is 0 Å². The van der Waals surface area contributed by atoms with Crippen LogP contribution in [0.4, 0.5) is 0 Å². The van der Waals surface area contributed by atoms with Gasteiger partial charge < -0.3 is 11.6 Å². The summed E-state index contributed by atoms with van der Waals surface area (Å²) in [7, 11) is 0. The summed E-state index contributed by atoms with van der Waals surface area (Å²) < 4.78 is 0. The third kappa shape index (κ3) is 6.33.